The fourth-order valence-corrected chi connectivity index (χ4v) is 12.8. The molecule has 2 aromatic carbocycles. The summed E-state index contributed by atoms with van der Waals surface area (Å²) in [4.78, 5) is 210. The number of aromatic hydroxyl groups is 2. The molecule has 2 aromatic rings. The molecule has 30 N–H and O–H groups in total. The number of hydrogen-bond acceptors (Lipinski definition) is 22. The molecule has 658 valence electrons. The molecule has 1 aliphatic rings. The molecule has 1 aliphatic heterocycles. The monoisotopic (exact) mass is 1660 g/mol. The molecular weight excluding hydrogens is 1540 g/mol. The summed E-state index contributed by atoms with van der Waals surface area (Å²) in [7, 11) is 0. The number of unbranched alkanes of at least 4 members (excludes halogenated alkanes) is 1. The lowest BCUT2D eigenvalue weighted by Crippen LogP contribution is -2.61. The molecule has 118 heavy (non-hydrogen) atoms. The van der Waals surface area contributed by atoms with Crippen LogP contribution in [-0.2, 0) is 84.8 Å². The number of rotatable bonds is 54. The van der Waals surface area contributed by atoms with Crippen LogP contribution in [0.2, 0.25) is 0 Å². The van der Waals surface area contributed by atoms with Crippen LogP contribution in [0.25, 0.3) is 0 Å². The highest BCUT2D eigenvalue weighted by molar-refractivity contribution is 6.00. The van der Waals surface area contributed by atoms with Gasteiger partial charge in [0.15, 0.2) is 11.9 Å². The number of nitrogens with zero attached hydrogens (tertiary/aromatic N) is 1. The molecule has 13 amide bonds. The van der Waals surface area contributed by atoms with Gasteiger partial charge in [-0.25, -0.2) is 4.79 Å². The highest BCUT2D eigenvalue weighted by Gasteiger charge is 2.42. The molecule has 0 aliphatic carbocycles. The molecule has 41 heteroatoms. The fourth-order valence-electron chi connectivity index (χ4n) is 12.8. The fraction of sp³-hybridized carbons (Fsp3) is 0.623. The smallest absolute Gasteiger partial charge is 0.326 e. The summed E-state index contributed by atoms with van der Waals surface area (Å²) in [6.45, 7) is 13.0. The number of amides is 13. The Bertz CT molecular complexity index is 3720. The number of carbonyl (C=O) groups excluding carboxylic acids is 13. The molecular formula is C77H125N21O20. The molecule has 1 saturated heterocycles. The molecule has 0 saturated carbocycles. The number of likely N-dealkylation sites (tertiary alicyclic amines) is 1. The number of hydrogen-bond donors (Lipinski definition) is 25. The molecule has 1 heterocycles. The molecule has 0 radical (unpaired) electrons. The Morgan fingerprint density at radius 1 is 0.449 bits per heavy atom. The van der Waals surface area contributed by atoms with Crippen LogP contribution in [0.15, 0.2) is 48.5 Å². The molecule has 0 aromatic heterocycles. The van der Waals surface area contributed by atoms with Crippen LogP contribution in [0, 0.1) is 34.5 Å². The molecule has 1 fully saturated rings. The van der Waals surface area contributed by atoms with Crippen LogP contribution in [0.3, 0.4) is 0 Å². The molecule has 41 nitrogen and oxygen atoms in total. The first-order chi connectivity index (χ1) is 55.5. The number of phenols is 2. The molecule has 0 bridgehead atoms. The van der Waals surface area contributed by atoms with E-state index in [1.807, 2.05) is 13.8 Å². The highest BCUT2D eigenvalue weighted by atomic mass is 16.4. The van der Waals surface area contributed by atoms with Gasteiger partial charge in [0, 0.05) is 45.3 Å². The van der Waals surface area contributed by atoms with E-state index in [1.165, 1.54) is 53.4 Å². The van der Waals surface area contributed by atoms with Gasteiger partial charge in [-0.2, -0.15) is 0 Å². The second-order valence-corrected chi connectivity index (χ2v) is 31.0. The Labute approximate surface area is 686 Å². The first-order valence-electron chi connectivity index (χ1n) is 39.7. The van der Waals surface area contributed by atoms with Crippen molar-refractivity contribution in [2.75, 3.05) is 32.8 Å². The second-order valence-electron chi connectivity index (χ2n) is 31.0. The number of carboxylic acid groups (broad SMARTS) is 2. The van der Waals surface area contributed by atoms with Crippen molar-refractivity contribution in [3.63, 3.8) is 0 Å². The van der Waals surface area contributed by atoms with Gasteiger partial charge in [0.1, 0.15) is 84.0 Å². The lowest BCUT2D eigenvalue weighted by Gasteiger charge is -2.32. The normalized spacial score (nSPS) is 15.6. The number of nitrogens with two attached hydrogens (primary N) is 5. The van der Waals surface area contributed by atoms with Crippen molar-refractivity contribution >= 4 is 101 Å². The lowest BCUT2D eigenvalue weighted by molar-refractivity contribution is -0.143. The number of aliphatic hydroxyl groups excluding tert-OH is 1. The topological polar surface area (TPSA) is 695 Å². The van der Waals surface area contributed by atoms with Gasteiger partial charge in [-0.15, -0.1) is 0 Å². The number of aliphatic hydroxyl groups is 1. The number of phenolic OH excluding ortho intramolecular Hbond substituents is 2. The summed E-state index contributed by atoms with van der Waals surface area (Å²) in [6, 6.07) is -8.40. The Morgan fingerprint density at radius 2 is 0.831 bits per heavy atom. The van der Waals surface area contributed by atoms with Crippen molar-refractivity contribution in [2.24, 2.45) is 52.3 Å². The van der Waals surface area contributed by atoms with Crippen LogP contribution in [0.5, 0.6) is 11.5 Å². The van der Waals surface area contributed by atoms with Gasteiger partial charge in [0.25, 0.3) is 0 Å². The zero-order valence-electron chi connectivity index (χ0n) is 68.4. The predicted octanol–water partition coefficient (Wildman–Crippen LogP) is -3.81. The average Bonchev–Trinajstić information content (AvgIpc) is 1.75. The maximum Gasteiger partial charge on any atom is 0.326 e. The van der Waals surface area contributed by atoms with E-state index in [-0.39, 0.29) is 158 Å². The van der Waals surface area contributed by atoms with Crippen LogP contribution in [-0.4, -0.2) is 242 Å². The van der Waals surface area contributed by atoms with E-state index in [4.69, 9.17) is 39.5 Å². The highest BCUT2D eigenvalue weighted by Crippen LogP contribution is 2.23. The third kappa shape index (κ3) is 37.2. The van der Waals surface area contributed by atoms with Crippen molar-refractivity contribution in [2.45, 2.75) is 250 Å². The SMILES string of the molecule is CC(C)C[C@H](NC(=O)[C@@H]1CCCN1C(=O)[C@H](CC(C)C)NC(=O)[C@H](CCCNC(=N)N)NC(=O)[C@H](CCCCN)NC(=O)[C@@H](NC(=O)[C@H](CCCNC(=N)N)NC(=O)[C@H](CCC(N)=O)NC(=O)[C@@H](N)CC(C)C)C(C)C)C(=O)N[C@@H](CCC(=O)O)C(=O)N[C@@H](Cc1ccc(O)cc1)C(=O)N[C@@H](CO)C(=O)N[C@@H](Cc1ccc(O)cc1)C(=O)O. The molecule has 3 rings (SSSR count). The summed E-state index contributed by atoms with van der Waals surface area (Å²) < 4.78 is 0. The van der Waals surface area contributed by atoms with E-state index in [2.05, 4.69) is 69.1 Å². The van der Waals surface area contributed by atoms with Gasteiger partial charge < -0.3 is 128 Å². The Kier molecular flexibility index (Phi) is 44.0. The van der Waals surface area contributed by atoms with E-state index < -0.39 is 199 Å². The molecule has 0 unspecified atom stereocenters. The summed E-state index contributed by atoms with van der Waals surface area (Å²) in [5.41, 5.74) is 29.2. The number of aliphatic carboxylic acids is 2. The van der Waals surface area contributed by atoms with E-state index >= 15 is 4.79 Å². The zero-order chi connectivity index (χ0) is 88.6. The third-order valence-corrected chi connectivity index (χ3v) is 19.0. The summed E-state index contributed by atoms with van der Waals surface area (Å²) in [5, 5.41) is 98.8. The number of benzene rings is 2. The van der Waals surface area contributed by atoms with Crippen molar-refractivity contribution in [3.8, 4) is 11.5 Å². The van der Waals surface area contributed by atoms with Crippen LogP contribution >= 0.6 is 0 Å². The number of nitrogens with one attached hydrogen (secondary N) is 15. The Balaban J connectivity index is 1.97. The second kappa shape index (κ2) is 51.6. The van der Waals surface area contributed by atoms with E-state index in [1.54, 1.807) is 41.5 Å². The van der Waals surface area contributed by atoms with Gasteiger partial charge in [-0.3, -0.25) is 77.9 Å². The maximum atomic E-state index is 15.1. The minimum atomic E-state index is -1.82. The quantitative estimate of drug-likeness (QED) is 0.0171. The molecule has 13 atom stereocenters. The third-order valence-electron chi connectivity index (χ3n) is 19.0. The van der Waals surface area contributed by atoms with Crippen LogP contribution in [0.4, 0.5) is 0 Å². The number of guanidine groups is 2. The maximum absolute atomic E-state index is 15.1. The largest absolute Gasteiger partial charge is 0.508 e. The first kappa shape index (κ1) is 101. The molecule has 0 spiro atoms. The minimum Gasteiger partial charge on any atom is -0.508 e. The van der Waals surface area contributed by atoms with Crippen molar-refractivity contribution in [1.29, 1.82) is 10.8 Å². The summed E-state index contributed by atoms with van der Waals surface area (Å²) >= 11 is 0. The van der Waals surface area contributed by atoms with Crippen molar-refractivity contribution < 1.29 is 97.5 Å². The van der Waals surface area contributed by atoms with Crippen molar-refractivity contribution in [1.82, 2.24) is 74.0 Å². The Hall–Kier alpha value is -11.5. The van der Waals surface area contributed by atoms with Crippen LogP contribution < -0.4 is 97.8 Å². The van der Waals surface area contributed by atoms with E-state index in [0.717, 1.165) is 0 Å². The van der Waals surface area contributed by atoms with E-state index in [9.17, 15) is 92.7 Å². The van der Waals surface area contributed by atoms with Gasteiger partial charge in [-0.05, 0) is 156 Å². The Morgan fingerprint density at radius 3 is 1.27 bits per heavy atom. The number of primary amides is 1. The first-order valence-corrected chi connectivity index (χ1v) is 39.7. The number of carbonyl (C=O) groups is 15. The van der Waals surface area contributed by atoms with Gasteiger partial charge in [0.2, 0.25) is 76.8 Å². The minimum absolute atomic E-state index is 0.00520. The number of carboxylic acids is 2. The predicted molar refractivity (Wildman–Crippen MR) is 432 cm³/mol. The summed E-state index contributed by atoms with van der Waals surface area (Å²) in [6.07, 6.45) is -1.68. The standard InChI is InChI=1S/C77H125N21O20/c1-40(2)34-48(79)63(105)87-52(26-28-60(80)102)66(108)89-51(16-12-32-86-77(83)84)68(110)97-62(43(7)8)73(115)91-49(14-9-10-30-78)64(106)88-50(15-11-31-85-76(81)82)65(107)94-56(36-42(5)6)74(116)98-33-13-17-59(98)72(114)93-54(35-41(3)4)69(111)90-53(27-29-61(103)104)67(109)92-55(37-44-18-22-46(100)23-19-44)70(112)96-58(39-99)71(113)95-57(75(117)118)38-45-20-24-47(101)25-21-45/h18-25,40-43,48-59,62,99-101H,9-17,26-39,78-79H2,1-8H3,(H2,80,102)(H,87,105)(H,88,106)(H,89,108)(H,90,111)(H,91,115)(H,92,109)(H,93,114)(H,94,107)(H,95,113)(H,96,112)(H,97,110)(H,103,104)(H,117,118)(H4,81,82,85)(H4,83,84,86)/t48-,49-,50-,51-,52-,53-,54-,55-,56-,57-,58-,59-,62-/m0/s1. The van der Waals surface area contributed by atoms with Gasteiger partial charge >= 0.3 is 11.9 Å². The van der Waals surface area contributed by atoms with Gasteiger partial charge in [-0.1, -0.05) is 79.7 Å². The lowest BCUT2D eigenvalue weighted by atomic mass is 9.99. The van der Waals surface area contributed by atoms with E-state index in [0.29, 0.717) is 17.5 Å². The zero-order valence-corrected chi connectivity index (χ0v) is 68.4. The van der Waals surface area contributed by atoms with Gasteiger partial charge in [0.05, 0.1) is 12.6 Å². The van der Waals surface area contributed by atoms with Crippen LogP contribution in [0.1, 0.15) is 169 Å². The average molecular weight is 1660 g/mol. The summed E-state index contributed by atoms with van der Waals surface area (Å²) in [5.74, 6) is -17.2. The van der Waals surface area contributed by atoms with Crippen molar-refractivity contribution in [3.05, 3.63) is 59.7 Å².